The number of hydrazone groups is 1. The van der Waals surface area contributed by atoms with Crippen molar-refractivity contribution in [3.63, 3.8) is 0 Å². The summed E-state index contributed by atoms with van der Waals surface area (Å²) < 4.78 is 1.42. The molecule has 0 radical (unpaired) electrons. The maximum Gasteiger partial charge on any atom is 0.390 e. The largest absolute Gasteiger partial charge is 0.390 e. The van der Waals surface area contributed by atoms with Crippen molar-refractivity contribution < 1.29 is 9.72 Å². The molecule has 2 aromatic rings. The van der Waals surface area contributed by atoms with Gasteiger partial charge in [-0.2, -0.15) is 9.78 Å². The summed E-state index contributed by atoms with van der Waals surface area (Å²) in [6, 6.07) is 4.86. The van der Waals surface area contributed by atoms with Crippen molar-refractivity contribution in [1.29, 1.82) is 0 Å². The number of amides is 1. The van der Waals surface area contributed by atoms with Crippen LogP contribution in [0, 0.1) is 17.0 Å². The molecular formula is C13H14N6O3. The fraction of sp³-hybridized carbons (Fsp3) is 0.231. The zero-order chi connectivity index (χ0) is 15.9. The molecule has 0 unspecified atom stereocenters. The number of pyridine rings is 1. The van der Waals surface area contributed by atoms with E-state index in [1.165, 1.54) is 17.0 Å². The van der Waals surface area contributed by atoms with E-state index in [0.717, 1.165) is 5.56 Å². The molecule has 0 aromatic carbocycles. The normalized spacial score (nSPS) is 10.8. The number of nitrogens with zero attached hydrogens (tertiary/aromatic N) is 5. The van der Waals surface area contributed by atoms with Gasteiger partial charge < -0.3 is 10.1 Å². The molecule has 1 amide bonds. The van der Waals surface area contributed by atoms with Crippen LogP contribution in [0.3, 0.4) is 0 Å². The number of carbonyl (C=O) groups is 1. The smallest absolute Gasteiger partial charge is 0.358 e. The number of aryl methyl sites for hydroxylation is 2. The Bertz CT molecular complexity index is 695. The molecule has 9 nitrogen and oxygen atoms in total. The van der Waals surface area contributed by atoms with E-state index >= 15 is 0 Å². The molecule has 0 atom stereocenters. The lowest BCUT2D eigenvalue weighted by Gasteiger charge is -1.99. The molecule has 0 saturated heterocycles. The van der Waals surface area contributed by atoms with Crippen molar-refractivity contribution >= 4 is 17.9 Å². The van der Waals surface area contributed by atoms with Gasteiger partial charge in [-0.05, 0) is 29.5 Å². The van der Waals surface area contributed by atoms with Gasteiger partial charge in [-0.15, -0.1) is 0 Å². The van der Waals surface area contributed by atoms with Crippen LogP contribution in [-0.2, 0) is 11.3 Å². The molecule has 0 aliphatic carbocycles. The van der Waals surface area contributed by atoms with Crippen LogP contribution in [0.2, 0.25) is 0 Å². The second-order valence-corrected chi connectivity index (χ2v) is 4.45. The molecule has 0 aliphatic heterocycles. The molecule has 0 spiro atoms. The number of nitrogens with one attached hydrogen (secondary N) is 1. The quantitative estimate of drug-likeness (QED) is 0.486. The standard InChI is InChI=1S/C13H14N6O3/c1-10-8-12(19(21)22)17-18(10)7-4-13(20)16-15-9-11-2-5-14-6-3-11/h2-3,5-6,8-9H,4,7H2,1H3,(H,16,20). The zero-order valence-corrected chi connectivity index (χ0v) is 11.8. The summed E-state index contributed by atoms with van der Waals surface area (Å²) in [4.78, 5) is 25.6. The van der Waals surface area contributed by atoms with Gasteiger partial charge in [0, 0.05) is 18.8 Å². The predicted octanol–water partition coefficient (Wildman–Crippen LogP) is 1.04. The molecule has 2 aromatic heterocycles. The van der Waals surface area contributed by atoms with Crippen molar-refractivity contribution in [3.8, 4) is 0 Å². The van der Waals surface area contributed by atoms with E-state index in [1.54, 1.807) is 31.5 Å². The van der Waals surface area contributed by atoms with Gasteiger partial charge in [0.2, 0.25) is 5.91 Å². The van der Waals surface area contributed by atoms with Gasteiger partial charge in [-0.25, -0.2) is 5.43 Å². The Balaban J connectivity index is 1.83. The molecule has 1 N–H and O–H groups in total. The predicted molar refractivity (Wildman–Crippen MR) is 78.2 cm³/mol. The van der Waals surface area contributed by atoms with Gasteiger partial charge in [0.15, 0.2) is 0 Å². The van der Waals surface area contributed by atoms with Crippen LogP contribution < -0.4 is 5.43 Å². The molecule has 22 heavy (non-hydrogen) atoms. The molecule has 0 bridgehead atoms. The second-order valence-electron chi connectivity index (χ2n) is 4.45. The van der Waals surface area contributed by atoms with Crippen LogP contribution in [-0.4, -0.2) is 31.8 Å². The molecule has 0 aliphatic rings. The van der Waals surface area contributed by atoms with Gasteiger partial charge in [-0.1, -0.05) is 0 Å². The van der Waals surface area contributed by atoms with Crippen LogP contribution >= 0.6 is 0 Å². The average molecular weight is 302 g/mol. The first-order chi connectivity index (χ1) is 10.6. The summed E-state index contributed by atoms with van der Waals surface area (Å²) in [6.45, 7) is 1.94. The number of hydrogen-bond donors (Lipinski definition) is 1. The van der Waals surface area contributed by atoms with Crippen LogP contribution in [0.1, 0.15) is 17.7 Å². The van der Waals surface area contributed by atoms with E-state index in [1.807, 2.05) is 0 Å². The van der Waals surface area contributed by atoms with Gasteiger partial charge in [0.25, 0.3) is 0 Å². The van der Waals surface area contributed by atoms with Crippen molar-refractivity contribution in [3.05, 3.63) is 52.0 Å². The van der Waals surface area contributed by atoms with Crippen LogP contribution in [0.15, 0.2) is 35.7 Å². The average Bonchev–Trinajstić information content (AvgIpc) is 2.88. The van der Waals surface area contributed by atoms with E-state index < -0.39 is 4.92 Å². The van der Waals surface area contributed by atoms with E-state index in [4.69, 9.17) is 0 Å². The fourth-order valence-corrected chi connectivity index (χ4v) is 1.70. The Labute approximate surface area is 125 Å². The zero-order valence-electron chi connectivity index (χ0n) is 11.8. The topological polar surface area (TPSA) is 115 Å². The highest BCUT2D eigenvalue weighted by Gasteiger charge is 2.15. The Morgan fingerprint density at radius 2 is 2.23 bits per heavy atom. The van der Waals surface area contributed by atoms with Crippen molar-refractivity contribution in [1.82, 2.24) is 20.2 Å². The third kappa shape index (κ3) is 4.20. The summed E-state index contributed by atoms with van der Waals surface area (Å²) >= 11 is 0. The lowest BCUT2D eigenvalue weighted by atomic mass is 10.3. The Morgan fingerprint density at radius 3 is 2.86 bits per heavy atom. The van der Waals surface area contributed by atoms with Crippen LogP contribution in [0.25, 0.3) is 0 Å². The molecule has 114 valence electrons. The van der Waals surface area contributed by atoms with Crippen molar-refractivity contribution in [2.45, 2.75) is 19.9 Å². The van der Waals surface area contributed by atoms with Crippen molar-refractivity contribution in [2.75, 3.05) is 0 Å². The minimum Gasteiger partial charge on any atom is -0.358 e. The summed E-state index contributed by atoms with van der Waals surface area (Å²) in [7, 11) is 0. The van der Waals surface area contributed by atoms with Gasteiger partial charge in [0.1, 0.15) is 0 Å². The third-order valence-electron chi connectivity index (χ3n) is 2.81. The van der Waals surface area contributed by atoms with Gasteiger partial charge in [-0.3, -0.25) is 9.78 Å². The summed E-state index contributed by atoms with van der Waals surface area (Å²) in [5, 5.41) is 18.2. The van der Waals surface area contributed by atoms with Crippen LogP contribution in [0.4, 0.5) is 5.82 Å². The minimum atomic E-state index is -0.567. The van der Waals surface area contributed by atoms with Gasteiger partial charge in [0.05, 0.1) is 29.6 Å². The fourth-order valence-electron chi connectivity index (χ4n) is 1.70. The SMILES string of the molecule is Cc1cc([N+](=O)[O-])nn1CCC(=O)NN=Cc1ccncc1. The summed E-state index contributed by atoms with van der Waals surface area (Å²) in [5.41, 5.74) is 3.82. The summed E-state index contributed by atoms with van der Waals surface area (Å²) in [5.74, 6) is -0.531. The lowest BCUT2D eigenvalue weighted by Crippen LogP contribution is -2.20. The molecule has 2 heterocycles. The highest BCUT2D eigenvalue weighted by atomic mass is 16.6. The van der Waals surface area contributed by atoms with Gasteiger partial charge >= 0.3 is 5.82 Å². The first-order valence-electron chi connectivity index (χ1n) is 6.47. The Hall–Kier alpha value is -3.10. The highest BCUT2D eigenvalue weighted by molar-refractivity contribution is 5.82. The van der Waals surface area contributed by atoms with Crippen LogP contribution in [0.5, 0.6) is 0 Å². The second kappa shape index (κ2) is 7.07. The van der Waals surface area contributed by atoms with E-state index in [2.05, 4.69) is 20.6 Å². The molecule has 0 saturated carbocycles. The molecule has 2 rings (SSSR count). The molecule has 9 heteroatoms. The number of aromatic nitrogens is 3. The first-order valence-corrected chi connectivity index (χ1v) is 6.47. The number of hydrogen-bond acceptors (Lipinski definition) is 6. The first kappa shape index (κ1) is 15.3. The lowest BCUT2D eigenvalue weighted by molar-refractivity contribution is -0.389. The van der Waals surface area contributed by atoms with E-state index in [0.29, 0.717) is 5.69 Å². The van der Waals surface area contributed by atoms with E-state index in [9.17, 15) is 14.9 Å². The number of carbonyl (C=O) groups excluding carboxylic acids is 1. The minimum absolute atomic E-state index is 0.118. The van der Waals surface area contributed by atoms with E-state index in [-0.39, 0.29) is 24.7 Å². The Kier molecular flexibility index (Phi) is 4.91. The summed E-state index contributed by atoms with van der Waals surface area (Å²) in [6.07, 6.45) is 4.87. The molecule has 0 fully saturated rings. The highest BCUT2D eigenvalue weighted by Crippen LogP contribution is 2.11. The maximum atomic E-state index is 11.6. The number of rotatable bonds is 6. The Morgan fingerprint density at radius 1 is 1.50 bits per heavy atom. The number of nitro groups is 1. The molecular weight excluding hydrogens is 288 g/mol. The monoisotopic (exact) mass is 302 g/mol. The maximum absolute atomic E-state index is 11.6. The van der Waals surface area contributed by atoms with Crippen molar-refractivity contribution in [2.24, 2.45) is 5.10 Å². The third-order valence-corrected chi connectivity index (χ3v) is 2.81.